The molecule has 9 heteroatoms. The minimum absolute atomic E-state index is 0.127. The highest BCUT2D eigenvalue weighted by Gasteiger charge is 2.27. The molecule has 172 valence electrons. The van der Waals surface area contributed by atoms with Crippen LogP contribution in [0.15, 0.2) is 29.2 Å². The van der Waals surface area contributed by atoms with Gasteiger partial charge in [0.15, 0.2) is 6.61 Å². The Labute approximate surface area is 184 Å². The topological polar surface area (TPSA) is 93.2 Å². The van der Waals surface area contributed by atoms with Gasteiger partial charge in [-0.25, -0.2) is 8.42 Å². The van der Waals surface area contributed by atoms with Gasteiger partial charge >= 0.3 is 5.97 Å². The van der Waals surface area contributed by atoms with Gasteiger partial charge in [-0.1, -0.05) is 19.1 Å². The number of rotatable bonds is 8. The number of sulfonamides is 1. The normalized spacial score (nSPS) is 20.4. The minimum Gasteiger partial charge on any atom is -0.456 e. The van der Waals surface area contributed by atoms with Gasteiger partial charge in [-0.3, -0.25) is 9.59 Å². The zero-order chi connectivity index (χ0) is 22.3. The molecule has 2 aliphatic heterocycles. The molecule has 1 unspecified atom stereocenters. The van der Waals surface area contributed by atoms with E-state index in [1.54, 1.807) is 24.3 Å². The predicted molar refractivity (Wildman–Crippen MR) is 115 cm³/mol. The summed E-state index contributed by atoms with van der Waals surface area (Å²) in [6.07, 6.45) is 4.61. The van der Waals surface area contributed by atoms with Gasteiger partial charge in [-0.2, -0.15) is 4.31 Å². The number of hydrogen-bond donors (Lipinski definition) is 0. The van der Waals surface area contributed by atoms with Gasteiger partial charge in [0.1, 0.15) is 0 Å². The van der Waals surface area contributed by atoms with E-state index in [0.717, 1.165) is 37.8 Å². The molecule has 0 spiro atoms. The van der Waals surface area contributed by atoms with E-state index >= 15 is 0 Å². The van der Waals surface area contributed by atoms with Crippen LogP contribution in [0.3, 0.4) is 0 Å². The van der Waals surface area contributed by atoms with E-state index in [-0.39, 0.29) is 29.9 Å². The first-order valence-electron chi connectivity index (χ1n) is 11.0. The Morgan fingerprint density at radius 3 is 2.48 bits per heavy atom. The van der Waals surface area contributed by atoms with Crippen molar-refractivity contribution in [1.82, 2.24) is 9.21 Å². The summed E-state index contributed by atoms with van der Waals surface area (Å²) in [4.78, 5) is 26.5. The average molecular weight is 453 g/mol. The molecular weight excluding hydrogens is 420 g/mol. The van der Waals surface area contributed by atoms with Crippen molar-refractivity contribution in [3.05, 3.63) is 29.8 Å². The number of benzene rings is 1. The number of aryl methyl sites for hydroxylation is 1. The Balaban J connectivity index is 1.45. The van der Waals surface area contributed by atoms with Crippen LogP contribution in [0.1, 0.15) is 44.6 Å². The summed E-state index contributed by atoms with van der Waals surface area (Å²) < 4.78 is 37.1. The SMILES string of the molecule is CCC1CCCCN1C(=O)COC(=O)CCc1ccc(S(=O)(=O)N2CCOCC2)cc1. The van der Waals surface area contributed by atoms with Crippen molar-refractivity contribution in [1.29, 1.82) is 0 Å². The molecule has 3 rings (SSSR count). The molecule has 2 fully saturated rings. The Morgan fingerprint density at radius 1 is 1.10 bits per heavy atom. The van der Waals surface area contributed by atoms with Crippen LogP contribution in [0, 0.1) is 0 Å². The second-order valence-corrected chi connectivity index (χ2v) is 9.90. The summed E-state index contributed by atoms with van der Waals surface area (Å²) >= 11 is 0. The molecule has 2 aliphatic rings. The lowest BCUT2D eigenvalue weighted by molar-refractivity contribution is -0.153. The first-order valence-corrected chi connectivity index (χ1v) is 12.5. The van der Waals surface area contributed by atoms with Crippen LogP contribution in [-0.2, 0) is 35.5 Å². The van der Waals surface area contributed by atoms with Crippen molar-refractivity contribution >= 4 is 21.9 Å². The highest BCUT2D eigenvalue weighted by atomic mass is 32.2. The fraction of sp³-hybridized carbons (Fsp3) is 0.636. The lowest BCUT2D eigenvalue weighted by Gasteiger charge is -2.35. The molecule has 1 atom stereocenters. The molecule has 2 heterocycles. The summed E-state index contributed by atoms with van der Waals surface area (Å²) in [5.74, 6) is -0.555. The zero-order valence-corrected chi connectivity index (χ0v) is 18.9. The lowest BCUT2D eigenvalue weighted by Crippen LogP contribution is -2.45. The first-order chi connectivity index (χ1) is 14.9. The molecule has 0 radical (unpaired) electrons. The molecule has 0 N–H and O–H groups in total. The van der Waals surface area contributed by atoms with Gasteiger partial charge in [-0.05, 0) is 49.8 Å². The van der Waals surface area contributed by atoms with Gasteiger partial charge in [0.2, 0.25) is 10.0 Å². The number of ether oxygens (including phenoxy) is 2. The number of morpholine rings is 1. The molecule has 1 aromatic rings. The average Bonchev–Trinajstić information content (AvgIpc) is 2.82. The number of esters is 1. The van der Waals surface area contributed by atoms with Crippen molar-refractivity contribution in [3.8, 4) is 0 Å². The number of carbonyl (C=O) groups is 2. The molecule has 1 aromatic carbocycles. The second-order valence-electron chi connectivity index (χ2n) is 7.97. The van der Waals surface area contributed by atoms with Gasteiger partial charge in [0.25, 0.3) is 5.91 Å². The van der Waals surface area contributed by atoms with Gasteiger partial charge in [0, 0.05) is 32.1 Å². The summed E-state index contributed by atoms with van der Waals surface area (Å²) in [7, 11) is -3.53. The first kappa shape index (κ1) is 23.7. The third-order valence-corrected chi connectivity index (χ3v) is 7.84. The third kappa shape index (κ3) is 6.27. The smallest absolute Gasteiger partial charge is 0.306 e. The van der Waals surface area contributed by atoms with E-state index in [1.807, 2.05) is 4.90 Å². The van der Waals surface area contributed by atoms with E-state index in [2.05, 4.69) is 6.92 Å². The van der Waals surface area contributed by atoms with E-state index in [1.165, 1.54) is 4.31 Å². The van der Waals surface area contributed by atoms with Crippen molar-refractivity contribution in [2.24, 2.45) is 0 Å². The van der Waals surface area contributed by atoms with Crippen LogP contribution in [0.25, 0.3) is 0 Å². The Bertz CT molecular complexity index is 849. The quantitative estimate of drug-likeness (QED) is 0.560. The van der Waals surface area contributed by atoms with Crippen molar-refractivity contribution in [3.63, 3.8) is 0 Å². The van der Waals surface area contributed by atoms with Crippen LogP contribution in [0.4, 0.5) is 0 Å². The largest absolute Gasteiger partial charge is 0.456 e. The van der Waals surface area contributed by atoms with Crippen LogP contribution in [-0.4, -0.2) is 75.0 Å². The maximum Gasteiger partial charge on any atom is 0.306 e. The van der Waals surface area contributed by atoms with E-state index in [0.29, 0.717) is 32.7 Å². The highest BCUT2D eigenvalue weighted by molar-refractivity contribution is 7.89. The van der Waals surface area contributed by atoms with Gasteiger partial charge in [0.05, 0.1) is 18.1 Å². The van der Waals surface area contributed by atoms with Crippen LogP contribution in [0.5, 0.6) is 0 Å². The second kappa shape index (κ2) is 11.1. The number of piperidine rings is 1. The number of carbonyl (C=O) groups excluding carboxylic acids is 2. The summed E-state index contributed by atoms with van der Waals surface area (Å²) in [5, 5.41) is 0. The molecule has 2 saturated heterocycles. The van der Waals surface area contributed by atoms with Gasteiger partial charge < -0.3 is 14.4 Å². The maximum atomic E-state index is 12.6. The van der Waals surface area contributed by atoms with Crippen molar-refractivity contribution in [2.45, 2.75) is 56.4 Å². The number of hydrogen-bond acceptors (Lipinski definition) is 6. The standard InChI is InChI=1S/C22H32N2O6S/c1-2-19-5-3-4-12-24(19)21(25)17-30-22(26)11-8-18-6-9-20(10-7-18)31(27,28)23-13-15-29-16-14-23/h6-7,9-10,19H,2-5,8,11-17H2,1H3. The Morgan fingerprint density at radius 2 is 1.81 bits per heavy atom. The molecule has 0 aliphatic carbocycles. The summed E-state index contributed by atoms with van der Waals surface area (Å²) in [5.41, 5.74) is 0.839. The highest BCUT2D eigenvalue weighted by Crippen LogP contribution is 2.20. The summed E-state index contributed by atoms with van der Waals surface area (Å²) in [6, 6.07) is 6.80. The maximum absolute atomic E-state index is 12.6. The van der Waals surface area contributed by atoms with Crippen molar-refractivity contribution in [2.75, 3.05) is 39.5 Å². The monoisotopic (exact) mass is 452 g/mol. The van der Waals surface area contributed by atoms with Gasteiger partial charge in [-0.15, -0.1) is 0 Å². The molecule has 8 nitrogen and oxygen atoms in total. The van der Waals surface area contributed by atoms with Crippen LogP contribution in [0.2, 0.25) is 0 Å². The fourth-order valence-corrected chi connectivity index (χ4v) is 5.47. The number of amides is 1. The Hall–Kier alpha value is -1.97. The third-order valence-electron chi connectivity index (χ3n) is 5.92. The van der Waals surface area contributed by atoms with Crippen molar-refractivity contribution < 1.29 is 27.5 Å². The number of nitrogens with zero attached hydrogens (tertiary/aromatic N) is 2. The molecule has 1 amide bonds. The van der Waals surface area contributed by atoms with E-state index in [4.69, 9.17) is 9.47 Å². The molecular formula is C22H32N2O6S. The molecule has 0 aromatic heterocycles. The summed E-state index contributed by atoms with van der Waals surface area (Å²) in [6.45, 7) is 4.09. The number of likely N-dealkylation sites (tertiary alicyclic amines) is 1. The Kier molecular flexibility index (Phi) is 8.45. The zero-order valence-electron chi connectivity index (χ0n) is 18.1. The van der Waals surface area contributed by atoms with Crippen LogP contribution < -0.4 is 0 Å². The van der Waals surface area contributed by atoms with E-state index < -0.39 is 16.0 Å². The molecule has 31 heavy (non-hydrogen) atoms. The minimum atomic E-state index is -3.53. The molecule has 0 saturated carbocycles. The fourth-order valence-electron chi connectivity index (χ4n) is 4.06. The molecule has 0 bridgehead atoms. The van der Waals surface area contributed by atoms with E-state index in [9.17, 15) is 18.0 Å². The predicted octanol–water partition coefficient (Wildman–Crippen LogP) is 1.97. The van der Waals surface area contributed by atoms with Crippen LogP contribution >= 0.6 is 0 Å². The lowest BCUT2D eigenvalue weighted by atomic mass is 10.00.